The van der Waals surface area contributed by atoms with Gasteiger partial charge in [-0.1, -0.05) is 6.07 Å². The smallest absolute Gasteiger partial charge is 0.174 e. The van der Waals surface area contributed by atoms with Crippen molar-refractivity contribution in [3.63, 3.8) is 0 Å². The van der Waals surface area contributed by atoms with Crippen LogP contribution in [-0.2, 0) is 0 Å². The molecule has 0 aliphatic carbocycles. The van der Waals surface area contributed by atoms with E-state index < -0.39 is 0 Å². The summed E-state index contributed by atoms with van der Waals surface area (Å²) in [7, 11) is 0. The Labute approximate surface area is 102 Å². The molecule has 1 aliphatic heterocycles. The molecule has 1 aromatic heterocycles. The molecule has 80 valence electrons. The fraction of sp³-hybridized carbons (Fsp3) is 0.0833. The molecule has 2 aromatic rings. The monoisotopic (exact) mass is 276 g/mol. The summed E-state index contributed by atoms with van der Waals surface area (Å²) in [4.78, 5) is 4.26. The number of fused-ring (bicyclic) bond motifs is 2. The molecule has 0 amide bonds. The number of pyridine rings is 1. The van der Waals surface area contributed by atoms with E-state index in [1.807, 2.05) is 31.2 Å². The van der Waals surface area contributed by atoms with Crippen molar-refractivity contribution in [2.24, 2.45) is 0 Å². The molecule has 2 heterocycles. The molecule has 1 aromatic carbocycles. The summed E-state index contributed by atoms with van der Waals surface area (Å²) >= 11 is 3.37. The van der Waals surface area contributed by atoms with Crippen LogP contribution in [0.15, 0.2) is 34.9 Å². The van der Waals surface area contributed by atoms with E-state index in [9.17, 15) is 0 Å². The molecule has 1 N–H and O–H groups in total. The Bertz CT molecular complexity index is 517. The lowest BCUT2D eigenvalue weighted by molar-refractivity contribution is 0.478. The molecule has 0 fully saturated rings. The average molecular weight is 277 g/mol. The lowest BCUT2D eigenvalue weighted by Crippen LogP contribution is -2.04. The van der Waals surface area contributed by atoms with Gasteiger partial charge in [-0.2, -0.15) is 0 Å². The molecular weight excluding hydrogens is 268 g/mol. The number of rotatable bonds is 0. The van der Waals surface area contributed by atoms with E-state index in [4.69, 9.17) is 4.74 Å². The highest BCUT2D eigenvalue weighted by Crippen LogP contribution is 2.41. The summed E-state index contributed by atoms with van der Waals surface area (Å²) in [6.45, 7) is 2.05. The Hall–Kier alpha value is -1.55. The van der Waals surface area contributed by atoms with Crippen LogP contribution in [-0.4, -0.2) is 4.98 Å². The lowest BCUT2D eigenvalue weighted by Gasteiger charge is -2.21. The summed E-state index contributed by atoms with van der Waals surface area (Å²) < 4.78 is 6.66. The third kappa shape index (κ3) is 1.55. The van der Waals surface area contributed by atoms with Gasteiger partial charge >= 0.3 is 0 Å². The maximum Gasteiger partial charge on any atom is 0.174 e. The maximum atomic E-state index is 5.76. The number of halogens is 1. The first-order valence-corrected chi connectivity index (χ1v) is 5.73. The first kappa shape index (κ1) is 9.66. The van der Waals surface area contributed by atoms with Crippen molar-refractivity contribution in [2.45, 2.75) is 6.92 Å². The Morgan fingerprint density at radius 2 is 2.12 bits per heavy atom. The fourth-order valence-corrected chi connectivity index (χ4v) is 1.98. The summed E-state index contributed by atoms with van der Waals surface area (Å²) in [6.07, 6.45) is 1.75. The molecule has 0 atom stereocenters. The second kappa shape index (κ2) is 3.49. The van der Waals surface area contributed by atoms with Crippen molar-refractivity contribution < 1.29 is 4.74 Å². The van der Waals surface area contributed by atoms with Crippen molar-refractivity contribution in [3.05, 3.63) is 40.5 Å². The minimum atomic E-state index is 0.741. The molecule has 0 saturated carbocycles. The second-order valence-electron chi connectivity index (χ2n) is 3.73. The van der Waals surface area contributed by atoms with Gasteiger partial charge in [0, 0.05) is 16.7 Å². The van der Waals surface area contributed by atoms with Gasteiger partial charge in [0.15, 0.2) is 17.3 Å². The van der Waals surface area contributed by atoms with Gasteiger partial charge < -0.3 is 10.1 Å². The maximum absolute atomic E-state index is 5.76. The van der Waals surface area contributed by atoms with Crippen LogP contribution in [0.2, 0.25) is 0 Å². The standard InChI is InChI=1S/C12H9BrN2O/c1-7-2-3-10-9(4-7)15-12-11(16-10)5-8(13)6-14-12/h2-6H,1H3,(H,14,15). The first-order valence-electron chi connectivity index (χ1n) is 4.93. The van der Waals surface area contributed by atoms with Gasteiger partial charge in [0.1, 0.15) is 0 Å². The summed E-state index contributed by atoms with van der Waals surface area (Å²) in [5.41, 5.74) is 2.15. The number of ether oxygens (including phenoxy) is 1. The third-order valence-electron chi connectivity index (χ3n) is 2.43. The minimum absolute atomic E-state index is 0.741. The van der Waals surface area contributed by atoms with Gasteiger partial charge in [-0.25, -0.2) is 4.98 Å². The second-order valence-corrected chi connectivity index (χ2v) is 4.64. The van der Waals surface area contributed by atoms with Crippen LogP contribution >= 0.6 is 15.9 Å². The normalized spacial score (nSPS) is 12.1. The summed E-state index contributed by atoms with van der Waals surface area (Å²) in [6, 6.07) is 7.93. The van der Waals surface area contributed by atoms with E-state index in [1.54, 1.807) is 6.20 Å². The third-order valence-corrected chi connectivity index (χ3v) is 2.86. The van der Waals surface area contributed by atoms with E-state index in [-0.39, 0.29) is 0 Å². The van der Waals surface area contributed by atoms with Crippen LogP contribution in [0.25, 0.3) is 0 Å². The molecule has 16 heavy (non-hydrogen) atoms. The van der Waals surface area contributed by atoms with Gasteiger partial charge in [-0.15, -0.1) is 0 Å². The zero-order chi connectivity index (χ0) is 11.1. The van der Waals surface area contributed by atoms with E-state index in [1.165, 1.54) is 5.56 Å². The van der Waals surface area contributed by atoms with Crippen molar-refractivity contribution >= 4 is 27.4 Å². The highest BCUT2D eigenvalue weighted by atomic mass is 79.9. The van der Waals surface area contributed by atoms with Gasteiger partial charge in [0.25, 0.3) is 0 Å². The fourth-order valence-electron chi connectivity index (χ4n) is 1.67. The number of aryl methyl sites for hydroxylation is 1. The quantitative estimate of drug-likeness (QED) is 0.674. The summed E-state index contributed by atoms with van der Waals surface area (Å²) in [5, 5.41) is 3.25. The number of hydrogen-bond acceptors (Lipinski definition) is 3. The number of anilines is 2. The molecule has 3 rings (SSSR count). The number of nitrogens with zero attached hydrogens (tertiary/aromatic N) is 1. The van der Waals surface area contributed by atoms with Crippen molar-refractivity contribution in [1.82, 2.24) is 4.98 Å². The van der Waals surface area contributed by atoms with Crippen LogP contribution < -0.4 is 10.1 Å². The Kier molecular flexibility index (Phi) is 2.11. The number of benzene rings is 1. The van der Waals surface area contributed by atoms with Crippen LogP contribution in [0.1, 0.15) is 5.56 Å². The zero-order valence-corrected chi connectivity index (χ0v) is 10.2. The van der Waals surface area contributed by atoms with Crippen LogP contribution in [0.4, 0.5) is 11.5 Å². The molecule has 1 aliphatic rings. The predicted octanol–water partition coefficient (Wildman–Crippen LogP) is 4.00. The first-order chi connectivity index (χ1) is 7.72. The van der Waals surface area contributed by atoms with E-state index in [0.717, 1.165) is 27.5 Å². The van der Waals surface area contributed by atoms with Crippen LogP contribution in [0, 0.1) is 6.92 Å². The number of nitrogens with one attached hydrogen (secondary N) is 1. The molecule has 3 nitrogen and oxygen atoms in total. The van der Waals surface area contributed by atoms with Crippen molar-refractivity contribution in [3.8, 4) is 11.5 Å². The zero-order valence-electron chi connectivity index (χ0n) is 8.62. The van der Waals surface area contributed by atoms with Crippen molar-refractivity contribution in [1.29, 1.82) is 0 Å². The van der Waals surface area contributed by atoms with Crippen LogP contribution in [0.3, 0.4) is 0 Å². The molecule has 4 heteroatoms. The highest BCUT2D eigenvalue weighted by Gasteiger charge is 2.17. The Balaban J connectivity index is 2.09. The topological polar surface area (TPSA) is 34.2 Å². The molecule has 0 spiro atoms. The minimum Gasteiger partial charge on any atom is -0.451 e. The van der Waals surface area contributed by atoms with Gasteiger partial charge in [-0.05, 0) is 40.5 Å². The average Bonchev–Trinajstić information content (AvgIpc) is 2.26. The SMILES string of the molecule is Cc1ccc2c(c1)Nc1ncc(Br)cc1O2. The molecule has 0 unspecified atom stereocenters. The van der Waals surface area contributed by atoms with Crippen LogP contribution in [0.5, 0.6) is 11.5 Å². The number of hydrogen-bond donors (Lipinski definition) is 1. The Morgan fingerprint density at radius 1 is 1.25 bits per heavy atom. The highest BCUT2D eigenvalue weighted by molar-refractivity contribution is 9.10. The molecule has 0 radical (unpaired) electrons. The van der Waals surface area contributed by atoms with E-state index >= 15 is 0 Å². The lowest BCUT2D eigenvalue weighted by atomic mass is 10.2. The molecular formula is C12H9BrN2O. The number of aromatic nitrogens is 1. The molecule has 0 bridgehead atoms. The van der Waals surface area contributed by atoms with Crippen molar-refractivity contribution in [2.75, 3.05) is 5.32 Å². The van der Waals surface area contributed by atoms with Gasteiger partial charge in [-0.3, -0.25) is 0 Å². The molecule has 0 saturated heterocycles. The summed E-state index contributed by atoms with van der Waals surface area (Å²) in [5.74, 6) is 2.32. The van der Waals surface area contributed by atoms with E-state index in [0.29, 0.717) is 0 Å². The van der Waals surface area contributed by atoms with Gasteiger partial charge in [0.05, 0.1) is 5.69 Å². The van der Waals surface area contributed by atoms with Gasteiger partial charge in [0.2, 0.25) is 0 Å². The Morgan fingerprint density at radius 3 is 3.00 bits per heavy atom. The largest absolute Gasteiger partial charge is 0.451 e. The predicted molar refractivity (Wildman–Crippen MR) is 66.5 cm³/mol. The van der Waals surface area contributed by atoms with E-state index in [2.05, 4.69) is 26.2 Å².